The first kappa shape index (κ1) is 15.6. The molecule has 0 aromatic heterocycles. The number of benzene rings is 1. The van der Waals surface area contributed by atoms with Crippen LogP contribution in [0.1, 0.15) is 0 Å². The number of carbonyl (C=O) groups excluding carboxylic acids is 2. The summed E-state index contributed by atoms with van der Waals surface area (Å²) in [5.74, 6) is -1.59. The molecule has 1 aliphatic heterocycles. The van der Waals surface area contributed by atoms with Gasteiger partial charge in [0.25, 0.3) is 0 Å². The number of carboxylic acid groups (broad SMARTS) is 1. The summed E-state index contributed by atoms with van der Waals surface area (Å²) in [6.45, 7) is -0.445. The van der Waals surface area contributed by atoms with E-state index in [1.54, 1.807) is 18.2 Å². The molecule has 9 heteroatoms. The number of carboxylic acids is 1. The van der Waals surface area contributed by atoms with Crippen molar-refractivity contribution in [3.05, 3.63) is 27.7 Å². The van der Waals surface area contributed by atoms with Crippen LogP contribution < -0.4 is 10.6 Å². The van der Waals surface area contributed by atoms with Gasteiger partial charge in [-0.15, -0.1) is 0 Å². The van der Waals surface area contributed by atoms with Crippen molar-refractivity contribution in [1.82, 2.24) is 10.2 Å². The van der Waals surface area contributed by atoms with Crippen LogP contribution in [0.25, 0.3) is 0 Å². The highest BCUT2D eigenvalue weighted by molar-refractivity contribution is 9.10. The summed E-state index contributed by atoms with van der Waals surface area (Å²) in [6, 6.07) is 3.09. The average Bonchev–Trinajstić information content (AvgIpc) is 2.43. The van der Waals surface area contributed by atoms with Crippen molar-refractivity contribution < 1.29 is 19.5 Å². The van der Waals surface area contributed by atoms with Gasteiger partial charge in [0, 0.05) is 6.54 Å². The van der Waals surface area contributed by atoms with Gasteiger partial charge in [-0.3, -0.25) is 9.69 Å². The zero-order valence-corrected chi connectivity index (χ0v) is 12.9. The molecule has 1 fully saturated rings. The third-order valence-electron chi connectivity index (χ3n) is 2.92. The number of nitrogens with zero attached hydrogens (tertiary/aromatic N) is 1. The zero-order chi connectivity index (χ0) is 15.6. The van der Waals surface area contributed by atoms with Crippen LogP contribution in [0.3, 0.4) is 0 Å². The molecule has 3 amide bonds. The van der Waals surface area contributed by atoms with E-state index in [9.17, 15) is 14.4 Å². The molecule has 0 bridgehead atoms. The Morgan fingerprint density at radius 2 is 2.19 bits per heavy atom. The SMILES string of the molecule is O=C1CN(C(=O)Nc2cccc(Cl)c2Br)C(C(=O)O)CN1. The number of aliphatic carboxylic acids is 1. The molecule has 2 rings (SSSR count). The van der Waals surface area contributed by atoms with Gasteiger partial charge in [0.15, 0.2) is 0 Å². The van der Waals surface area contributed by atoms with Gasteiger partial charge in [0.05, 0.1) is 15.2 Å². The number of hydrogen-bond acceptors (Lipinski definition) is 3. The van der Waals surface area contributed by atoms with Crippen molar-refractivity contribution in [2.24, 2.45) is 0 Å². The van der Waals surface area contributed by atoms with Gasteiger partial charge >= 0.3 is 12.0 Å². The molecule has 0 spiro atoms. The molecule has 1 unspecified atom stereocenters. The van der Waals surface area contributed by atoms with E-state index in [4.69, 9.17) is 16.7 Å². The molecule has 1 aliphatic rings. The Morgan fingerprint density at radius 3 is 2.86 bits per heavy atom. The summed E-state index contributed by atoms with van der Waals surface area (Å²) in [5, 5.41) is 14.5. The van der Waals surface area contributed by atoms with Gasteiger partial charge in [-0.2, -0.15) is 0 Å². The van der Waals surface area contributed by atoms with Crippen molar-refractivity contribution in [1.29, 1.82) is 0 Å². The zero-order valence-electron chi connectivity index (χ0n) is 10.6. The Labute approximate surface area is 133 Å². The van der Waals surface area contributed by atoms with Gasteiger partial charge in [0.2, 0.25) is 5.91 Å². The van der Waals surface area contributed by atoms with Crippen molar-refractivity contribution in [3.8, 4) is 0 Å². The highest BCUT2D eigenvalue weighted by atomic mass is 79.9. The lowest BCUT2D eigenvalue weighted by molar-refractivity contribution is -0.144. The van der Waals surface area contributed by atoms with E-state index in [1.807, 2.05) is 0 Å². The maximum Gasteiger partial charge on any atom is 0.328 e. The minimum atomic E-state index is -1.18. The maximum absolute atomic E-state index is 12.2. The van der Waals surface area contributed by atoms with Crippen molar-refractivity contribution >= 4 is 51.1 Å². The summed E-state index contributed by atoms with van der Waals surface area (Å²) in [5.41, 5.74) is 0.391. The Bertz CT molecular complexity index is 610. The second-order valence-corrected chi connectivity index (χ2v) is 5.52. The first-order valence-electron chi connectivity index (χ1n) is 5.91. The number of rotatable bonds is 2. The lowest BCUT2D eigenvalue weighted by Crippen LogP contribution is -2.60. The second-order valence-electron chi connectivity index (χ2n) is 4.32. The number of anilines is 1. The minimum absolute atomic E-state index is 0.127. The molecular weight excluding hydrogens is 366 g/mol. The van der Waals surface area contributed by atoms with Crippen molar-refractivity contribution in [2.75, 3.05) is 18.4 Å². The fraction of sp³-hybridized carbons (Fsp3) is 0.250. The molecule has 3 N–H and O–H groups in total. The molecule has 1 saturated heterocycles. The normalized spacial score (nSPS) is 18.1. The van der Waals surface area contributed by atoms with E-state index >= 15 is 0 Å². The summed E-state index contributed by atoms with van der Waals surface area (Å²) in [4.78, 5) is 35.7. The van der Waals surface area contributed by atoms with Crippen LogP contribution in [0.5, 0.6) is 0 Å². The molecule has 7 nitrogen and oxygen atoms in total. The molecular formula is C12H11BrClN3O4. The average molecular weight is 377 g/mol. The van der Waals surface area contributed by atoms with E-state index in [2.05, 4.69) is 26.6 Å². The summed E-state index contributed by atoms with van der Waals surface area (Å²) >= 11 is 9.14. The van der Waals surface area contributed by atoms with Crippen molar-refractivity contribution in [2.45, 2.75) is 6.04 Å². The largest absolute Gasteiger partial charge is 0.480 e. The Balaban J connectivity index is 2.19. The van der Waals surface area contributed by atoms with E-state index in [0.29, 0.717) is 15.2 Å². The molecule has 112 valence electrons. The van der Waals surface area contributed by atoms with Crippen molar-refractivity contribution in [3.63, 3.8) is 0 Å². The summed E-state index contributed by atoms with van der Waals surface area (Å²) in [6.07, 6.45) is 0. The smallest absolute Gasteiger partial charge is 0.328 e. The number of carbonyl (C=O) groups is 3. The van der Waals surface area contributed by atoms with Crippen LogP contribution in [0, 0.1) is 0 Å². The standard InChI is InChI=1S/C12H11BrClN3O4/c13-10-6(14)2-1-3-7(10)16-12(21)17-5-9(18)15-4-8(17)11(19)20/h1-3,8H,4-5H2,(H,15,18)(H,16,21)(H,19,20). The van der Waals surface area contributed by atoms with Gasteiger partial charge in [-0.05, 0) is 28.1 Å². The predicted molar refractivity (Wildman–Crippen MR) is 79.3 cm³/mol. The molecule has 1 heterocycles. The molecule has 1 aromatic rings. The number of nitrogens with one attached hydrogen (secondary N) is 2. The third-order valence-corrected chi connectivity index (χ3v) is 4.32. The minimum Gasteiger partial charge on any atom is -0.480 e. The topological polar surface area (TPSA) is 98.7 Å². The van der Waals surface area contributed by atoms with Crippen LogP contribution in [-0.4, -0.2) is 47.0 Å². The van der Waals surface area contributed by atoms with Crippen LogP contribution >= 0.6 is 27.5 Å². The monoisotopic (exact) mass is 375 g/mol. The highest BCUT2D eigenvalue weighted by Gasteiger charge is 2.35. The van der Waals surface area contributed by atoms with Crippen LogP contribution in [0.15, 0.2) is 22.7 Å². The fourth-order valence-electron chi connectivity index (χ4n) is 1.86. The van der Waals surface area contributed by atoms with E-state index in [0.717, 1.165) is 4.90 Å². The Hall–Kier alpha value is -1.80. The van der Waals surface area contributed by atoms with Gasteiger partial charge in [-0.25, -0.2) is 9.59 Å². The summed E-state index contributed by atoms with van der Waals surface area (Å²) in [7, 11) is 0. The maximum atomic E-state index is 12.2. The molecule has 21 heavy (non-hydrogen) atoms. The second kappa shape index (κ2) is 6.31. The predicted octanol–water partition coefficient (Wildman–Crippen LogP) is 1.52. The Morgan fingerprint density at radius 1 is 1.48 bits per heavy atom. The molecule has 0 saturated carbocycles. The van der Waals surface area contributed by atoms with E-state index < -0.39 is 23.9 Å². The number of hydrogen-bond donors (Lipinski definition) is 3. The lowest BCUT2D eigenvalue weighted by Gasteiger charge is -2.32. The Kier molecular flexibility index (Phi) is 4.69. The van der Waals surface area contributed by atoms with Crippen LogP contribution in [0.2, 0.25) is 5.02 Å². The van der Waals surface area contributed by atoms with E-state index in [1.165, 1.54) is 0 Å². The number of halogens is 2. The number of amides is 3. The number of piperazine rings is 1. The van der Waals surface area contributed by atoms with Gasteiger partial charge < -0.3 is 15.7 Å². The quantitative estimate of drug-likeness (QED) is 0.729. The summed E-state index contributed by atoms with van der Waals surface area (Å²) < 4.78 is 0.480. The lowest BCUT2D eigenvalue weighted by atomic mass is 10.2. The molecule has 0 aliphatic carbocycles. The van der Waals surface area contributed by atoms with Gasteiger partial charge in [-0.1, -0.05) is 17.7 Å². The molecule has 1 aromatic carbocycles. The third kappa shape index (κ3) is 3.45. The molecule has 1 atom stereocenters. The fourth-order valence-corrected chi connectivity index (χ4v) is 2.40. The highest BCUT2D eigenvalue weighted by Crippen LogP contribution is 2.30. The van der Waals surface area contributed by atoms with Crippen LogP contribution in [0.4, 0.5) is 10.5 Å². The van der Waals surface area contributed by atoms with Crippen LogP contribution in [-0.2, 0) is 9.59 Å². The first-order chi connectivity index (χ1) is 9.90. The van der Waals surface area contributed by atoms with Gasteiger partial charge in [0.1, 0.15) is 12.6 Å². The first-order valence-corrected chi connectivity index (χ1v) is 7.08. The molecule has 0 radical (unpaired) electrons. The number of urea groups is 1. The van der Waals surface area contributed by atoms with E-state index in [-0.39, 0.29) is 13.1 Å².